The van der Waals surface area contributed by atoms with E-state index < -0.39 is 6.10 Å². The number of likely N-dealkylation sites (N-methyl/N-ethyl adjacent to an activating group) is 1. The minimum absolute atomic E-state index is 0.498. The van der Waals surface area contributed by atoms with Gasteiger partial charge in [0.25, 0.3) is 0 Å². The normalized spacial score (nSPS) is 12.6. The van der Waals surface area contributed by atoms with Crippen LogP contribution in [-0.2, 0) is 0 Å². The van der Waals surface area contributed by atoms with Crippen LogP contribution in [0.1, 0.15) is 11.7 Å². The van der Waals surface area contributed by atoms with E-state index in [1.54, 1.807) is 13.2 Å². The highest BCUT2D eigenvalue weighted by Gasteiger charge is 2.14. The van der Waals surface area contributed by atoms with Gasteiger partial charge < -0.3 is 14.8 Å². The molecule has 2 aromatic rings. The number of nitrogens with one attached hydrogen (secondary N) is 1. The van der Waals surface area contributed by atoms with Crippen molar-refractivity contribution >= 4 is 0 Å². The maximum absolute atomic E-state index is 9.97. The predicted molar refractivity (Wildman–Crippen MR) is 60.8 cm³/mol. The van der Waals surface area contributed by atoms with Crippen LogP contribution in [0.5, 0.6) is 0 Å². The van der Waals surface area contributed by atoms with Crippen LogP contribution in [0, 0.1) is 0 Å². The highest BCUT2D eigenvalue weighted by atomic mass is 16.3. The van der Waals surface area contributed by atoms with Crippen molar-refractivity contribution in [2.45, 2.75) is 6.10 Å². The molecule has 1 unspecified atom stereocenters. The lowest BCUT2D eigenvalue weighted by Crippen LogP contribution is -2.17. The van der Waals surface area contributed by atoms with E-state index in [1.807, 2.05) is 24.3 Å². The standard InChI is InChI=1S/C12H14N2O2/c1-13-8-11(15)9-4-2-3-5-10(9)12-14-6-7-16-12/h2-7,11,13,15H,8H2,1H3. The summed E-state index contributed by atoms with van der Waals surface area (Å²) >= 11 is 0. The lowest BCUT2D eigenvalue weighted by molar-refractivity contribution is 0.178. The fourth-order valence-corrected chi connectivity index (χ4v) is 1.64. The van der Waals surface area contributed by atoms with Crippen molar-refractivity contribution in [2.75, 3.05) is 13.6 Å². The maximum Gasteiger partial charge on any atom is 0.226 e. The van der Waals surface area contributed by atoms with Crippen molar-refractivity contribution in [3.8, 4) is 11.5 Å². The van der Waals surface area contributed by atoms with E-state index >= 15 is 0 Å². The first kappa shape index (κ1) is 10.9. The fourth-order valence-electron chi connectivity index (χ4n) is 1.64. The Hall–Kier alpha value is -1.65. The van der Waals surface area contributed by atoms with Crippen molar-refractivity contribution in [3.05, 3.63) is 42.3 Å². The molecule has 16 heavy (non-hydrogen) atoms. The van der Waals surface area contributed by atoms with E-state index in [4.69, 9.17) is 4.42 Å². The van der Waals surface area contributed by atoms with E-state index in [2.05, 4.69) is 10.3 Å². The molecular formula is C12H14N2O2. The molecule has 0 saturated heterocycles. The number of hydrogen-bond acceptors (Lipinski definition) is 4. The Morgan fingerprint density at radius 1 is 1.44 bits per heavy atom. The maximum atomic E-state index is 9.97. The minimum Gasteiger partial charge on any atom is -0.445 e. The summed E-state index contributed by atoms with van der Waals surface area (Å²) in [5, 5.41) is 12.9. The molecule has 2 rings (SSSR count). The third-order valence-corrected chi connectivity index (χ3v) is 2.38. The third-order valence-electron chi connectivity index (χ3n) is 2.38. The Bertz CT molecular complexity index is 440. The summed E-state index contributed by atoms with van der Waals surface area (Å²) in [6.07, 6.45) is 2.56. The number of hydrogen-bond donors (Lipinski definition) is 2. The summed E-state index contributed by atoms with van der Waals surface area (Å²) in [5.74, 6) is 0.533. The van der Waals surface area contributed by atoms with E-state index in [-0.39, 0.29) is 0 Å². The van der Waals surface area contributed by atoms with Gasteiger partial charge in [-0.1, -0.05) is 18.2 Å². The monoisotopic (exact) mass is 218 g/mol. The van der Waals surface area contributed by atoms with Crippen molar-refractivity contribution in [1.82, 2.24) is 10.3 Å². The highest BCUT2D eigenvalue weighted by Crippen LogP contribution is 2.26. The van der Waals surface area contributed by atoms with E-state index in [9.17, 15) is 5.11 Å². The first-order chi connectivity index (χ1) is 7.83. The molecule has 0 radical (unpaired) electrons. The predicted octanol–water partition coefficient (Wildman–Crippen LogP) is 1.59. The molecule has 1 aromatic heterocycles. The van der Waals surface area contributed by atoms with Crippen molar-refractivity contribution in [3.63, 3.8) is 0 Å². The van der Waals surface area contributed by atoms with Gasteiger partial charge in [-0.15, -0.1) is 0 Å². The molecule has 84 valence electrons. The average molecular weight is 218 g/mol. The van der Waals surface area contributed by atoms with Crippen LogP contribution in [0.15, 0.2) is 41.1 Å². The Morgan fingerprint density at radius 2 is 2.25 bits per heavy atom. The summed E-state index contributed by atoms with van der Waals surface area (Å²) in [5.41, 5.74) is 1.65. The number of rotatable bonds is 4. The Morgan fingerprint density at radius 3 is 2.94 bits per heavy atom. The van der Waals surface area contributed by atoms with Gasteiger partial charge in [-0.25, -0.2) is 4.98 Å². The van der Waals surface area contributed by atoms with Gasteiger partial charge in [0.15, 0.2) is 0 Å². The number of nitrogens with zero attached hydrogens (tertiary/aromatic N) is 1. The molecule has 0 spiro atoms. The van der Waals surface area contributed by atoms with E-state index in [0.29, 0.717) is 12.4 Å². The summed E-state index contributed by atoms with van der Waals surface area (Å²) in [6.45, 7) is 0.498. The van der Waals surface area contributed by atoms with Crippen LogP contribution in [-0.4, -0.2) is 23.7 Å². The van der Waals surface area contributed by atoms with Crippen molar-refractivity contribution in [1.29, 1.82) is 0 Å². The smallest absolute Gasteiger partial charge is 0.226 e. The molecule has 0 saturated carbocycles. The molecule has 0 aliphatic heterocycles. The molecule has 0 amide bonds. The van der Waals surface area contributed by atoms with Gasteiger partial charge in [0.1, 0.15) is 6.26 Å². The largest absolute Gasteiger partial charge is 0.445 e. The summed E-state index contributed by atoms with van der Waals surface area (Å²) in [4.78, 5) is 4.09. The quantitative estimate of drug-likeness (QED) is 0.818. The second-order valence-electron chi connectivity index (χ2n) is 3.50. The molecule has 1 heterocycles. The summed E-state index contributed by atoms with van der Waals surface area (Å²) < 4.78 is 5.25. The van der Waals surface area contributed by atoms with Crippen LogP contribution in [0.3, 0.4) is 0 Å². The van der Waals surface area contributed by atoms with Crippen LogP contribution in [0.25, 0.3) is 11.5 Å². The lowest BCUT2D eigenvalue weighted by Gasteiger charge is -2.13. The summed E-state index contributed by atoms with van der Waals surface area (Å²) in [6, 6.07) is 7.55. The van der Waals surface area contributed by atoms with Crippen LogP contribution in [0.2, 0.25) is 0 Å². The number of benzene rings is 1. The molecule has 0 bridgehead atoms. The van der Waals surface area contributed by atoms with Crippen molar-refractivity contribution < 1.29 is 9.52 Å². The van der Waals surface area contributed by atoms with Crippen molar-refractivity contribution in [2.24, 2.45) is 0 Å². The molecule has 2 N–H and O–H groups in total. The van der Waals surface area contributed by atoms with Gasteiger partial charge in [0.05, 0.1) is 12.3 Å². The topological polar surface area (TPSA) is 58.3 Å². The molecule has 0 fully saturated rings. The van der Waals surface area contributed by atoms with E-state index in [0.717, 1.165) is 11.1 Å². The summed E-state index contributed by atoms with van der Waals surface area (Å²) in [7, 11) is 1.80. The van der Waals surface area contributed by atoms with Gasteiger partial charge in [0, 0.05) is 12.1 Å². The second-order valence-corrected chi connectivity index (χ2v) is 3.50. The molecule has 1 atom stereocenters. The van der Waals surface area contributed by atoms with Gasteiger partial charge in [-0.3, -0.25) is 0 Å². The Kier molecular flexibility index (Phi) is 3.34. The van der Waals surface area contributed by atoms with Crippen LogP contribution < -0.4 is 5.32 Å². The number of aliphatic hydroxyl groups excluding tert-OH is 1. The zero-order chi connectivity index (χ0) is 11.4. The average Bonchev–Trinajstić information content (AvgIpc) is 2.83. The third kappa shape index (κ3) is 2.13. The number of aliphatic hydroxyl groups is 1. The molecule has 0 aliphatic carbocycles. The Labute approximate surface area is 93.9 Å². The minimum atomic E-state index is -0.562. The van der Waals surface area contributed by atoms with E-state index in [1.165, 1.54) is 6.26 Å². The van der Waals surface area contributed by atoms with Gasteiger partial charge >= 0.3 is 0 Å². The molecule has 4 heteroatoms. The zero-order valence-electron chi connectivity index (χ0n) is 9.05. The van der Waals surface area contributed by atoms with Crippen LogP contribution in [0.4, 0.5) is 0 Å². The Balaban J connectivity index is 2.38. The zero-order valence-corrected chi connectivity index (χ0v) is 9.05. The molecule has 1 aromatic carbocycles. The fraction of sp³-hybridized carbons (Fsp3) is 0.250. The van der Waals surface area contributed by atoms with Gasteiger partial charge in [0.2, 0.25) is 5.89 Å². The highest BCUT2D eigenvalue weighted by molar-refractivity contribution is 5.59. The molecule has 0 aliphatic rings. The SMILES string of the molecule is CNCC(O)c1ccccc1-c1ncco1. The van der Waals surface area contributed by atoms with Gasteiger partial charge in [-0.2, -0.15) is 0 Å². The molecular weight excluding hydrogens is 204 g/mol. The van der Waals surface area contributed by atoms with Crippen LogP contribution >= 0.6 is 0 Å². The molecule has 4 nitrogen and oxygen atoms in total. The van der Waals surface area contributed by atoms with Gasteiger partial charge in [-0.05, 0) is 18.7 Å². The number of oxazole rings is 1. The number of aromatic nitrogens is 1. The first-order valence-electron chi connectivity index (χ1n) is 5.14. The second kappa shape index (κ2) is 4.92. The first-order valence-corrected chi connectivity index (χ1v) is 5.14. The lowest BCUT2D eigenvalue weighted by atomic mass is 10.0.